The number of amides is 1. The Labute approximate surface area is 120 Å². The van der Waals surface area contributed by atoms with Gasteiger partial charge in [0.25, 0.3) is 0 Å². The number of nitrogens with one attached hydrogen (secondary N) is 1. The summed E-state index contributed by atoms with van der Waals surface area (Å²) in [6.07, 6.45) is 1.03. The fourth-order valence-corrected chi connectivity index (χ4v) is 2.24. The van der Waals surface area contributed by atoms with Crippen molar-refractivity contribution < 1.29 is 22.7 Å². The molecule has 0 aliphatic carbocycles. The molecular weight excluding hydrogens is 305 g/mol. The minimum Gasteiger partial charge on any atom is -0.381 e. The zero-order valence-corrected chi connectivity index (χ0v) is 11.9. The number of hydrogen-bond acceptors (Lipinski definition) is 4. The zero-order chi connectivity index (χ0) is 13.6. The van der Waals surface area contributed by atoms with Gasteiger partial charge in [-0.1, -0.05) is 0 Å². The summed E-state index contributed by atoms with van der Waals surface area (Å²) in [6.45, 7) is 1.10. The molecule has 0 saturated carbocycles. The van der Waals surface area contributed by atoms with Gasteiger partial charge in [0.05, 0.1) is 5.41 Å². The van der Waals surface area contributed by atoms with Crippen LogP contribution in [0.5, 0.6) is 0 Å². The van der Waals surface area contributed by atoms with Gasteiger partial charge in [0.2, 0.25) is 5.91 Å². The summed E-state index contributed by atoms with van der Waals surface area (Å²) in [7, 11) is 0. The number of alkyl halides is 3. The summed E-state index contributed by atoms with van der Waals surface area (Å²) >= 11 is -0.142. The molecule has 0 aromatic carbocycles. The van der Waals surface area contributed by atoms with Crippen LogP contribution in [0.2, 0.25) is 0 Å². The Hall–Kier alpha value is -0.180. The maximum atomic E-state index is 11.9. The standard InChI is InChI=1S/C10H17F3N2O2S.ClH/c11-10(12,13)18-6-3-15-8(16)9(7-14)1-4-17-5-2-9;/h1-7,14H2,(H,15,16);1H. The average Bonchev–Trinajstić information content (AvgIpc) is 2.34. The number of rotatable bonds is 5. The van der Waals surface area contributed by atoms with E-state index < -0.39 is 10.9 Å². The van der Waals surface area contributed by atoms with E-state index >= 15 is 0 Å². The molecule has 1 aliphatic rings. The van der Waals surface area contributed by atoms with E-state index in [-0.39, 0.29) is 48.9 Å². The van der Waals surface area contributed by atoms with Crippen molar-refractivity contribution in [3.8, 4) is 0 Å². The Bertz CT molecular complexity index is 286. The summed E-state index contributed by atoms with van der Waals surface area (Å²) in [5.74, 6) is -0.456. The second-order valence-corrected chi connectivity index (χ2v) is 5.31. The van der Waals surface area contributed by atoms with E-state index in [4.69, 9.17) is 10.5 Å². The highest BCUT2D eigenvalue weighted by Crippen LogP contribution is 2.31. The second kappa shape index (κ2) is 8.18. The van der Waals surface area contributed by atoms with Crippen LogP contribution < -0.4 is 11.1 Å². The largest absolute Gasteiger partial charge is 0.441 e. The number of thioether (sulfide) groups is 1. The highest BCUT2D eigenvalue weighted by Gasteiger charge is 2.38. The first-order chi connectivity index (χ1) is 8.40. The van der Waals surface area contributed by atoms with Crippen molar-refractivity contribution in [3.05, 3.63) is 0 Å². The van der Waals surface area contributed by atoms with Crippen LogP contribution in [-0.4, -0.2) is 43.5 Å². The van der Waals surface area contributed by atoms with E-state index in [1.54, 1.807) is 0 Å². The first-order valence-electron chi connectivity index (χ1n) is 5.66. The van der Waals surface area contributed by atoms with Gasteiger partial charge in [0, 0.05) is 32.1 Å². The van der Waals surface area contributed by atoms with Gasteiger partial charge < -0.3 is 15.8 Å². The van der Waals surface area contributed by atoms with Gasteiger partial charge in [-0.25, -0.2) is 0 Å². The maximum absolute atomic E-state index is 11.9. The average molecular weight is 323 g/mol. The van der Waals surface area contributed by atoms with Crippen LogP contribution in [0.1, 0.15) is 12.8 Å². The van der Waals surface area contributed by atoms with Crippen LogP contribution in [0.15, 0.2) is 0 Å². The topological polar surface area (TPSA) is 64.4 Å². The third-order valence-electron chi connectivity index (χ3n) is 2.98. The molecule has 0 spiro atoms. The number of nitrogens with two attached hydrogens (primary N) is 1. The van der Waals surface area contributed by atoms with Gasteiger partial charge >= 0.3 is 5.51 Å². The van der Waals surface area contributed by atoms with Gasteiger partial charge in [-0.15, -0.1) is 12.4 Å². The van der Waals surface area contributed by atoms with Crippen LogP contribution >= 0.6 is 24.2 Å². The van der Waals surface area contributed by atoms with Gasteiger partial charge in [-0.05, 0) is 24.6 Å². The quantitative estimate of drug-likeness (QED) is 0.754. The summed E-state index contributed by atoms with van der Waals surface area (Å²) in [6, 6.07) is 0. The van der Waals surface area contributed by atoms with Gasteiger partial charge in [0.15, 0.2) is 0 Å². The first kappa shape index (κ1) is 18.8. The number of carbonyl (C=O) groups is 1. The van der Waals surface area contributed by atoms with Crippen LogP contribution in [0, 0.1) is 5.41 Å². The molecule has 19 heavy (non-hydrogen) atoms. The van der Waals surface area contributed by atoms with E-state index in [1.807, 2.05) is 0 Å². The fourth-order valence-electron chi connectivity index (χ4n) is 1.80. The minimum absolute atomic E-state index is 0. The first-order valence-corrected chi connectivity index (χ1v) is 6.65. The Balaban J connectivity index is 0.00000324. The highest BCUT2D eigenvalue weighted by molar-refractivity contribution is 8.00. The molecular formula is C10H18ClF3N2O2S. The smallest absolute Gasteiger partial charge is 0.381 e. The van der Waals surface area contributed by atoms with E-state index in [9.17, 15) is 18.0 Å². The highest BCUT2D eigenvalue weighted by atomic mass is 35.5. The van der Waals surface area contributed by atoms with E-state index in [2.05, 4.69) is 5.32 Å². The van der Waals surface area contributed by atoms with Crippen LogP contribution in [0.4, 0.5) is 13.2 Å². The van der Waals surface area contributed by atoms with E-state index in [0.29, 0.717) is 26.1 Å². The minimum atomic E-state index is -4.25. The molecule has 1 fully saturated rings. The molecule has 1 heterocycles. The summed E-state index contributed by atoms with van der Waals surface area (Å²) in [5.41, 5.74) is 0.677. The molecule has 1 amide bonds. The molecule has 0 aromatic heterocycles. The predicted molar refractivity (Wildman–Crippen MR) is 70.3 cm³/mol. The van der Waals surface area contributed by atoms with Gasteiger partial charge in [-0.3, -0.25) is 4.79 Å². The lowest BCUT2D eigenvalue weighted by molar-refractivity contribution is -0.135. The Morgan fingerprint density at radius 1 is 1.37 bits per heavy atom. The van der Waals surface area contributed by atoms with E-state index in [1.165, 1.54) is 0 Å². The number of hydrogen-bond donors (Lipinski definition) is 2. The third kappa shape index (κ3) is 6.20. The summed E-state index contributed by atoms with van der Waals surface area (Å²) < 4.78 is 40.8. The van der Waals surface area contributed by atoms with Crippen molar-refractivity contribution in [2.24, 2.45) is 11.1 Å². The SMILES string of the molecule is Cl.NCC1(C(=O)NCCSC(F)(F)F)CCOCC1. The van der Waals surface area contributed by atoms with Crippen molar-refractivity contribution in [1.82, 2.24) is 5.32 Å². The van der Waals surface area contributed by atoms with E-state index in [0.717, 1.165) is 0 Å². The van der Waals surface area contributed by atoms with Crippen LogP contribution in [0.25, 0.3) is 0 Å². The Kier molecular flexibility index (Phi) is 8.11. The molecule has 0 aromatic rings. The lowest BCUT2D eigenvalue weighted by Crippen LogP contribution is -2.49. The van der Waals surface area contributed by atoms with Gasteiger partial charge in [0.1, 0.15) is 0 Å². The molecule has 1 aliphatic heterocycles. The van der Waals surface area contributed by atoms with Crippen molar-refractivity contribution in [2.75, 3.05) is 32.1 Å². The molecule has 0 unspecified atom stereocenters. The summed E-state index contributed by atoms with van der Waals surface area (Å²) in [4.78, 5) is 11.9. The van der Waals surface area contributed by atoms with Crippen LogP contribution in [0.3, 0.4) is 0 Å². The number of ether oxygens (including phenoxy) is 1. The van der Waals surface area contributed by atoms with Crippen LogP contribution in [-0.2, 0) is 9.53 Å². The van der Waals surface area contributed by atoms with Crippen molar-refractivity contribution in [2.45, 2.75) is 18.3 Å². The lowest BCUT2D eigenvalue weighted by atomic mass is 9.79. The molecule has 3 N–H and O–H groups in total. The normalized spacial score (nSPS) is 18.5. The monoisotopic (exact) mass is 322 g/mol. The molecule has 9 heteroatoms. The molecule has 0 radical (unpaired) electrons. The number of carbonyl (C=O) groups excluding carboxylic acids is 1. The molecule has 0 atom stereocenters. The second-order valence-electron chi connectivity index (χ2n) is 4.15. The zero-order valence-electron chi connectivity index (χ0n) is 10.3. The fraction of sp³-hybridized carbons (Fsp3) is 0.900. The maximum Gasteiger partial charge on any atom is 0.441 e. The third-order valence-corrected chi connectivity index (χ3v) is 3.71. The molecule has 0 bridgehead atoms. The van der Waals surface area contributed by atoms with Crippen molar-refractivity contribution >= 4 is 30.1 Å². The number of halogens is 4. The Morgan fingerprint density at radius 3 is 2.42 bits per heavy atom. The molecule has 114 valence electrons. The van der Waals surface area contributed by atoms with Gasteiger partial charge in [-0.2, -0.15) is 13.2 Å². The lowest BCUT2D eigenvalue weighted by Gasteiger charge is -2.34. The van der Waals surface area contributed by atoms with Crippen molar-refractivity contribution in [1.29, 1.82) is 0 Å². The van der Waals surface area contributed by atoms with Crippen molar-refractivity contribution in [3.63, 3.8) is 0 Å². The molecule has 1 rings (SSSR count). The Morgan fingerprint density at radius 2 is 1.95 bits per heavy atom. The molecule has 4 nitrogen and oxygen atoms in total. The predicted octanol–water partition coefficient (Wildman–Crippen LogP) is 1.53. The summed E-state index contributed by atoms with van der Waals surface area (Å²) in [5, 5.41) is 2.52. The molecule has 1 saturated heterocycles.